The van der Waals surface area contributed by atoms with E-state index in [1.807, 2.05) is 36.5 Å². The highest BCUT2D eigenvalue weighted by Crippen LogP contribution is 2.29. The minimum atomic E-state index is -0.227. The maximum absolute atomic E-state index is 11.3. The Kier molecular flexibility index (Phi) is 3.07. The first-order valence-corrected chi connectivity index (χ1v) is 7.98. The van der Waals surface area contributed by atoms with Crippen molar-refractivity contribution < 1.29 is 4.79 Å². The highest BCUT2D eigenvalue weighted by atomic mass is 32.1. The third kappa shape index (κ3) is 2.23. The number of primary amides is 1. The van der Waals surface area contributed by atoms with Crippen molar-refractivity contribution in [1.82, 2.24) is 14.6 Å². The van der Waals surface area contributed by atoms with Crippen LogP contribution in [0.15, 0.2) is 36.5 Å². The molecule has 1 saturated heterocycles. The zero-order valence-corrected chi connectivity index (χ0v) is 12.7. The maximum atomic E-state index is 11.3. The third-order valence-corrected chi connectivity index (χ3v) is 4.95. The fourth-order valence-electron chi connectivity index (χ4n) is 2.73. The van der Waals surface area contributed by atoms with Gasteiger partial charge in [-0.25, -0.2) is 9.50 Å². The molecule has 0 bridgehead atoms. The second-order valence-electron chi connectivity index (χ2n) is 5.44. The van der Waals surface area contributed by atoms with Crippen LogP contribution in [0.5, 0.6) is 0 Å². The van der Waals surface area contributed by atoms with E-state index in [4.69, 9.17) is 5.73 Å². The zero-order chi connectivity index (χ0) is 15.1. The summed E-state index contributed by atoms with van der Waals surface area (Å²) in [6, 6.07) is 10.0. The first-order valence-electron chi connectivity index (χ1n) is 7.16. The molecule has 0 saturated carbocycles. The molecule has 1 aliphatic heterocycles. The second kappa shape index (κ2) is 5.10. The Morgan fingerprint density at radius 2 is 2.14 bits per heavy atom. The minimum Gasteiger partial charge on any atom is -0.369 e. The molecule has 0 radical (unpaired) electrons. The molecule has 3 heterocycles. The van der Waals surface area contributed by atoms with Gasteiger partial charge in [-0.2, -0.15) is 0 Å². The Bertz CT molecular complexity index is 793. The molecule has 22 heavy (non-hydrogen) atoms. The van der Waals surface area contributed by atoms with Gasteiger partial charge in [0.25, 0.3) is 0 Å². The van der Waals surface area contributed by atoms with E-state index in [2.05, 4.69) is 15.0 Å². The molecular weight excluding hydrogens is 298 g/mol. The van der Waals surface area contributed by atoms with Crippen LogP contribution in [0.1, 0.15) is 6.42 Å². The van der Waals surface area contributed by atoms with Gasteiger partial charge in [0, 0.05) is 18.7 Å². The fraction of sp³-hybridized carbons (Fsp3) is 0.267. The first-order chi connectivity index (χ1) is 10.7. The molecule has 0 spiro atoms. The molecule has 1 aliphatic rings. The van der Waals surface area contributed by atoms with Gasteiger partial charge in [0.05, 0.1) is 17.8 Å². The van der Waals surface area contributed by atoms with Crippen LogP contribution >= 0.6 is 11.3 Å². The Morgan fingerprint density at radius 3 is 2.82 bits per heavy atom. The molecule has 4 rings (SSSR count). The number of nitrogens with zero attached hydrogens (tertiary/aromatic N) is 4. The van der Waals surface area contributed by atoms with Crippen LogP contribution in [0.25, 0.3) is 16.2 Å². The van der Waals surface area contributed by atoms with Gasteiger partial charge in [-0.3, -0.25) is 4.79 Å². The molecule has 1 atom stereocenters. The van der Waals surface area contributed by atoms with E-state index in [1.54, 1.807) is 4.52 Å². The number of imidazole rings is 1. The summed E-state index contributed by atoms with van der Waals surface area (Å²) < 4.78 is 1.81. The number of amides is 1. The van der Waals surface area contributed by atoms with Crippen LogP contribution in [0.2, 0.25) is 0 Å². The van der Waals surface area contributed by atoms with Gasteiger partial charge >= 0.3 is 0 Å². The molecule has 1 unspecified atom stereocenters. The van der Waals surface area contributed by atoms with Crippen molar-refractivity contribution >= 4 is 27.3 Å². The number of aromatic nitrogens is 3. The lowest BCUT2D eigenvalue weighted by Crippen LogP contribution is -2.27. The smallest absolute Gasteiger partial charge is 0.222 e. The van der Waals surface area contributed by atoms with Gasteiger partial charge in [-0.1, -0.05) is 41.7 Å². The van der Waals surface area contributed by atoms with E-state index in [-0.39, 0.29) is 11.8 Å². The SMILES string of the molecule is NC(=O)C1CCN(c2nn3cc(-c4ccccc4)nc3s2)C1. The summed E-state index contributed by atoms with van der Waals surface area (Å²) in [7, 11) is 0. The standard InChI is InChI=1S/C15H15N5OS/c16-13(21)11-6-7-19(8-11)15-18-20-9-12(17-14(20)22-15)10-4-2-1-3-5-10/h1-5,9,11H,6-8H2,(H2,16,21). The van der Waals surface area contributed by atoms with Crippen LogP contribution in [-0.4, -0.2) is 33.6 Å². The third-order valence-electron chi connectivity index (χ3n) is 3.96. The number of hydrogen-bond acceptors (Lipinski definition) is 5. The molecular formula is C15H15N5OS. The molecule has 112 valence electrons. The Labute approximate surface area is 131 Å². The molecule has 2 aromatic heterocycles. The lowest BCUT2D eigenvalue weighted by atomic mass is 10.1. The Balaban J connectivity index is 1.61. The molecule has 7 heteroatoms. The summed E-state index contributed by atoms with van der Waals surface area (Å²) in [4.78, 5) is 18.9. The van der Waals surface area contributed by atoms with E-state index in [1.165, 1.54) is 11.3 Å². The van der Waals surface area contributed by atoms with Gasteiger partial charge in [-0.15, -0.1) is 5.10 Å². The maximum Gasteiger partial charge on any atom is 0.222 e. The number of fused-ring (bicyclic) bond motifs is 1. The summed E-state index contributed by atoms with van der Waals surface area (Å²) >= 11 is 1.54. The van der Waals surface area contributed by atoms with Gasteiger partial charge in [0.2, 0.25) is 16.0 Å². The van der Waals surface area contributed by atoms with Crippen LogP contribution in [0.3, 0.4) is 0 Å². The quantitative estimate of drug-likeness (QED) is 0.799. The van der Waals surface area contributed by atoms with Gasteiger partial charge < -0.3 is 10.6 Å². The van der Waals surface area contributed by atoms with Crippen molar-refractivity contribution in [3.63, 3.8) is 0 Å². The van der Waals surface area contributed by atoms with E-state index >= 15 is 0 Å². The summed E-state index contributed by atoms with van der Waals surface area (Å²) in [6.45, 7) is 1.47. The zero-order valence-electron chi connectivity index (χ0n) is 11.8. The summed E-state index contributed by atoms with van der Waals surface area (Å²) in [6.07, 6.45) is 2.73. The normalized spacial score (nSPS) is 18.2. The molecule has 6 nitrogen and oxygen atoms in total. The molecule has 1 fully saturated rings. The number of hydrogen-bond donors (Lipinski definition) is 1. The van der Waals surface area contributed by atoms with E-state index in [0.717, 1.165) is 34.3 Å². The lowest BCUT2D eigenvalue weighted by molar-refractivity contribution is -0.121. The van der Waals surface area contributed by atoms with Gasteiger partial charge in [0.1, 0.15) is 0 Å². The minimum absolute atomic E-state index is 0.0731. The van der Waals surface area contributed by atoms with E-state index in [0.29, 0.717) is 6.54 Å². The predicted molar refractivity (Wildman–Crippen MR) is 85.8 cm³/mol. The topological polar surface area (TPSA) is 76.5 Å². The highest BCUT2D eigenvalue weighted by Gasteiger charge is 2.28. The number of carbonyl (C=O) groups excluding carboxylic acids is 1. The average Bonchev–Trinajstić information content (AvgIpc) is 3.21. The number of carbonyl (C=O) groups is 1. The van der Waals surface area contributed by atoms with Crippen molar-refractivity contribution in [3.05, 3.63) is 36.5 Å². The van der Waals surface area contributed by atoms with Crippen LogP contribution in [0.4, 0.5) is 5.13 Å². The molecule has 2 N–H and O–H groups in total. The highest BCUT2D eigenvalue weighted by molar-refractivity contribution is 7.20. The number of rotatable bonds is 3. The van der Waals surface area contributed by atoms with E-state index in [9.17, 15) is 4.79 Å². The molecule has 1 aromatic carbocycles. The number of anilines is 1. The van der Waals surface area contributed by atoms with Crippen LogP contribution in [0, 0.1) is 5.92 Å². The van der Waals surface area contributed by atoms with Crippen LogP contribution < -0.4 is 10.6 Å². The molecule has 3 aromatic rings. The first kappa shape index (κ1) is 13.3. The number of benzene rings is 1. The van der Waals surface area contributed by atoms with Crippen molar-refractivity contribution in [2.24, 2.45) is 11.7 Å². The number of nitrogens with two attached hydrogens (primary N) is 1. The van der Waals surface area contributed by atoms with Crippen molar-refractivity contribution in [1.29, 1.82) is 0 Å². The fourth-order valence-corrected chi connectivity index (χ4v) is 3.65. The molecule has 1 amide bonds. The van der Waals surface area contributed by atoms with Crippen LogP contribution in [-0.2, 0) is 4.79 Å². The predicted octanol–water partition coefficient (Wildman–Crippen LogP) is 1.77. The largest absolute Gasteiger partial charge is 0.369 e. The van der Waals surface area contributed by atoms with Gasteiger partial charge in [0.15, 0.2) is 0 Å². The lowest BCUT2D eigenvalue weighted by Gasteiger charge is -2.12. The van der Waals surface area contributed by atoms with Crippen molar-refractivity contribution in [2.75, 3.05) is 18.0 Å². The second-order valence-corrected chi connectivity index (χ2v) is 6.37. The Morgan fingerprint density at radius 1 is 1.32 bits per heavy atom. The monoisotopic (exact) mass is 313 g/mol. The van der Waals surface area contributed by atoms with E-state index < -0.39 is 0 Å². The average molecular weight is 313 g/mol. The van der Waals surface area contributed by atoms with Crippen molar-refractivity contribution in [3.8, 4) is 11.3 Å². The summed E-state index contributed by atoms with van der Waals surface area (Å²) in [5.41, 5.74) is 7.38. The van der Waals surface area contributed by atoms with Crippen molar-refractivity contribution in [2.45, 2.75) is 6.42 Å². The molecule has 0 aliphatic carbocycles. The summed E-state index contributed by atoms with van der Waals surface area (Å²) in [5.74, 6) is -0.300. The van der Waals surface area contributed by atoms with Gasteiger partial charge in [-0.05, 0) is 6.42 Å². The Hall–Kier alpha value is -2.41. The summed E-state index contributed by atoms with van der Waals surface area (Å²) in [5, 5.41) is 5.48.